The molecule has 6 nitrogen and oxygen atoms in total. The highest BCUT2D eigenvalue weighted by Crippen LogP contribution is 2.17. The first-order chi connectivity index (χ1) is 7.67. The molecule has 0 aliphatic rings. The van der Waals surface area contributed by atoms with Gasteiger partial charge in [0.05, 0.1) is 11.7 Å². The number of hydrazine groups is 1. The molecule has 1 atom stereocenters. The second-order valence-corrected chi connectivity index (χ2v) is 3.54. The number of nitrogens with two attached hydrogens (primary N) is 1. The van der Waals surface area contributed by atoms with Crippen LogP contribution in [0.25, 0.3) is 11.1 Å². The van der Waals surface area contributed by atoms with Crippen molar-refractivity contribution < 1.29 is 4.42 Å². The molecule has 0 aliphatic carbocycles. The molecule has 4 N–H and O–H groups in total. The number of aryl methyl sites for hydroxylation is 1. The third-order valence-electron chi connectivity index (χ3n) is 2.60. The van der Waals surface area contributed by atoms with Crippen molar-refractivity contribution in [3.05, 3.63) is 34.3 Å². The lowest BCUT2D eigenvalue weighted by atomic mass is 10.1. The van der Waals surface area contributed by atoms with Crippen molar-refractivity contribution in [3.63, 3.8) is 0 Å². The van der Waals surface area contributed by atoms with Crippen molar-refractivity contribution >= 4 is 11.1 Å². The van der Waals surface area contributed by atoms with E-state index in [-0.39, 0.29) is 11.9 Å². The Morgan fingerprint density at radius 3 is 2.88 bits per heavy atom. The van der Waals surface area contributed by atoms with Gasteiger partial charge in [0, 0.05) is 7.05 Å². The smallest absolute Gasteiger partial charge is 0.408 e. The minimum Gasteiger partial charge on any atom is -0.408 e. The fourth-order valence-corrected chi connectivity index (χ4v) is 1.67. The van der Waals surface area contributed by atoms with Gasteiger partial charge in [0.1, 0.15) is 0 Å². The zero-order valence-corrected chi connectivity index (χ0v) is 9.15. The first-order valence-electron chi connectivity index (χ1n) is 4.90. The normalized spacial score (nSPS) is 13.2. The number of oxazole rings is 1. The molecule has 0 saturated heterocycles. The molecule has 0 saturated carbocycles. The molecule has 1 heterocycles. The quantitative estimate of drug-likeness (QED) is 0.381. The van der Waals surface area contributed by atoms with Gasteiger partial charge >= 0.3 is 5.76 Å². The average molecular weight is 222 g/mol. The third kappa shape index (κ3) is 1.63. The van der Waals surface area contributed by atoms with E-state index in [0.717, 1.165) is 11.1 Å². The Hall–Kier alpha value is -1.63. The van der Waals surface area contributed by atoms with Crippen LogP contribution in [0.15, 0.2) is 27.4 Å². The molecule has 2 rings (SSSR count). The van der Waals surface area contributed by atoms with Gasteiger partial charge in [-0.15, -0.1) is 0 Å². The Balaban J connectivity index is 2.58. The first kappa shape index (κ1) is 10.9. The number of rotatable bonds is 3. The molecule has 0 bridgehead atoms. The molecule has 1 aromatic heterocycles. The summed E-state index contributed by atoms with van der Waals surface area (Å²) in [5.74, 6) is 5.03. The minimum absolute atomic E-state index is 0.158. The Kier molecular flexibility index (Phi) is 2.78. The SMILES string of the molecule is CNC(NN)c1ccc2oc(=O)n(C)c2c1. The molecular formula is C10H14N4O2. The monoisotopic (exact) mass is 222 g/mol. The Labute approximate surface area is 92.0 Å². The van der Waals surface area contributed by atoms with Crippen molar-refractivity contribution in [2.45, 2.75) is 6.17 Å². The van der Waals surface area contributed by atoms with Gasteiger partial charge in [-0.3, -0.25) is 10.4 Å². The van der Waals surface area contributed by atoms with Crippen LogP contribution in [0.3, 0.4) is 0 Å². The molecule has 0 fully saturated rings. The van der Waals surface area contributed by atoms with Gasteiger partial charge in [-0.25, -0.2) is 10.2 Å². The average Bonchev–Trinajstić information content (AvgIpc) is 2.57. The number of hydrogen-bond donors (Lipinski definition) is 3. The standard InChI is InChI=1S/C10H14N4O2/c1-12-9(13-11)6-3-4-8-7(5-6)14(2)10(15)16-8/h3-5,9,12-13H,11H2,1-2H3. The second-order valence-electron chi connectivity index (χ2n) is 3.54. The summed E-state index contributed by atoms with van der Waals surface area (Å²) in [6.45, 7) is 0. The van der Waals surface area contributed by atoms with E-state index >= 15 is 0 Å². The molecule has 0 amide bonds. The Morgan fingerprint density at radius 1 is 1.50 bits per heavy atom. The van der Waals surface area contributed by atoms with Gasteiger partial charge < -0.3 is 9.73 Å². The van der Waals surface area contributed by atoms with Crippen molar-refractivity contribution in [3.8, 4) is 0 Å². The third-order valence-corrected chi connectivity index (χ3v) is 2.60. The molecule has 1 unspecified atom stereocenters. The number of benzene rings is 1. The van der Waals surface area contributed by atoms with Crippen LogP contribution in [-0.2, 0) is 7.05 Å². The highest BCUT2D eigenvalue weighted by Gasteiger charge is 2.11. The van der Waals surface area contributed by atoms with Crippen LogP contribution < -0.4 is 22.3 Å². The maximum Gasteiger partial charge on any atom is 0.419 e. The first-order valence-corrected chi connectivity index (χ1v) is 4.90. The van der Waals surface area contributed by atoms with E-state index in [4.69, 9.17) is 10.3 Å². The van der Waals surface area contributed by atoms with E-state index in [2.05, 4.69) is 10.7 Å². The summed E-state index contributed by atoms with van der Waals surface area (Å²) in [5, 5.41) is 3.00. The lowest BCUT2D eigenvalue weighted by Gasteiger charge is -2.14. The Morgan fingerprint density at radius 2 is 2.25 bits per heavy atom. The van der Waals surface area contributed by atoms with E-state index < -0.39 is 0 Å². The molecular weight excluding hydrogens is 208 g/mol. The van der Waals surface area contributed by atoms with Crippen LogP contribution in [0, 0.1) is 0 Å². The molecule has 1 aromatic carbocycles. The summed E-state index contributed by atoms with van der Waals surface area (Å²) in [7, 11) is 3.46. The summed E-state index contributed by atoms with van der Waals surface area (Å²) in [6.07, 6.45) is -0.158. The van der Waals surface area contributed by atoms with E-state index in [1.54, 1.807) is 20.2 Å². The molecule has 2 aromatic rings. The molecule has 86 valence electrons. The minimum atomic E-state index is -0.367. The maximum absolute atomic E-state index is 11.3. The van der Waals surface area contributed by atoms with Crippen molar-refractivity contribution in [1.29, 1.82) is 0 Å². The highest BCUT2D eigenvalue weighted by molar-refractivity contribution is 5.73. The molecule has 0 aliphatic heterocycles. The van der Waals surface area contributed by atoms with Crippen LogP contribution in [0.1, 0.15) is 11.7 Å². The fourth-order valence-electron chi connectivity index (χ4n) is 1.67. The summed E-state index contributed by atoms with van der Waals surface area (Å²) < 4.78 is 6.50. The fraction of sp³-hybridized carbons (Fsp3) is 0.300. The number of nitrogens with one attached hydrogen (secondary N) is 2. The van der Waals surface area contributed by atoms with Crippen molar-refractivity contribution in [2.24, 2.45) is 12.9 Å². The summed E-state index contributed by atoms with van der Waals surface area (Å²) >= 11 is 0. The van der Waals surface area contributed by atoms with E-state index in [1.807, 2.05) is 12.1 Å². The van der Waals surface area contributed by atoms with E-state index in [1.165, 1.54) is 4.57 Å². The van der Waals surface area contributed by atoms with Crippen LogP contribution in [0.4, 0.5) is 0 Å². The van der Waals surface area contributed by atoms with Crippen LogP contribution in [-0.4, -0.2) is 11.6 Å². The second kappa shape index (κ2) is 4.09. The molecule has 0 spiro atoms. The van der Waals surface area contributed by atoms with Crippen LogP contribution in [0.2, 0.25) is 0 Å². The molecule has 6 heteroatoms. The number of nitrogens with zero attached hydrogens (tertiary/aromatic N) is 1. The number of fused-ring (bicyclic) bond motifs is 1. The van der Waals surface area contributed by atoms with Crippen LogP contribution >= 0.6 is 0 Å². The van der Waals surface area contributed by atoms with Crippen molar-refractivity contribution in [2.75, 3.05) is 7.05 Å². The highest BCUT2D eigenvalue weighted by atomic mass is 16.4. The van der Waals surface area contributed by atoms with Crippen molar-refractivity contribution in [1.82, 2.24) is 15.3 Å². The Bertz CT molecular complexity index is 553. The zero-order valence-electron chi connectivity index (χ0n) is 9.15. The lowest BCUT2D eigenvalue weighted by Crippen LogP contribution is -2.36. The zero-order chi connectivity index (χ0) is 11.7. The van der Waals surface area contributed by atoms with Gasteiger partial charge in [0.25, 0.3) is 0 Å². The number of hydrogen-bond acceptors (Lipinski definition) is 5. The topological polar surface area (TPSA) is 85.2 Å². The predicted octanol–water partition coefficient (Wildman–Crippen LogP) is -0.187. The number of aromatic nitrogens is 1. The van der Waals surface area contributed by atoms with E-state index in [9.17, 15) is 4.79 Å². The molecule has 16 heavy (non-hydrogen) atoms. The lowest BCUT2D eigenvalue weighted by molar-refractivity contribution is 0.489. The summed E-state index contributed by atoms with van der Waals surface area (Å²) in [4.78, 5) is 11.3. The van der Waals surface area contributed by atoms with Gasteiger partial charge in [0.2, 0.25) is 0 Å². The van der Waals surface area contributed by atoms with Gasteiger partial charge in [-0.05, 0) is 24.7 Å². The summed E-state index contributed by atoms with van der Waals surface area (Å²) in [5.41, 5.74) is 4.89. The van der Waals surface area contributed by atoms with Gasteiger partial charge in [-0.2, -0.15) is 0 Å². The predicted molar refractivity (Wildman–Crippen MR) is 60.6 cm³/mol. The molecule has 0 radical (unpaired) electrons. The summed E-state index contributed by atoms with van der Waals surface area (Å²) in [6, 6.07) is 5.47. The largest absolute Gasteiger partial charge is 0.419 e. The van der Waals surface area contributed by atoms with Gasteiger partial charge in [0.15, 0.2) is 5.58 Å². The van der Waals surface area contributed by atoms with Gasteiger partial charge in [-0.1, -0.05) is 6.07 Å². The van der Waals surface area contributed by atoms with Crippen LogP contribution in [0.5, 0.6) is 0 Å². The van der Waals surface area contributed by atoms with E-state index in [0.29, 0.717) is 5.58 Å². The maximum atomic E-state index is 11.3.